The third kappa shape index (κ3) is 3.06. The van der Waals surface area contributed by atoms with Crippen molar-refractivity contribution >= 4 is 15.9 Å². The first kappa shape index (κ1) is 15.1. The Hall–Kier alpha value is -1.29. The molecule has 0 saturated carbocycles. The van der Waals surface area contributed by atoms with Crippen molar-refractivity contribution in [1.29, 1.82) is 0 Å². The van der Waals surface area contributed by atoms with Gasteiger partial charge in [0.15, 0.2) is 0 Å². The molecule has 20 heavy (non-hydrogen) atoms. The summed E-state index contributed by atoms with van der Waals surface area (Å²) in [5.74, 6) is 1.40. The fourth-order valence-electron chi connectivity index (χ4n) is 2.21. The first-order chi connectivity index (χ1) is 9.54. The topological polar surface area (TPSA) is 27.1 Å². The summed E-state index contributed by atoms with van der Waals surface area (Å²) in [7, 11) is 1.96. The monoisotopic (exact) mass is 336 g/mol. The highest BCUT2D eigenvalue weighted by molar-refractivity contribution is 9.10. The molecule has 2 aromatic rings. The molecule has 1 heterocycles. The van der Waals surface area contributed by atoms with Gasteiger partial charge >= 0.3 is 0 Å². The fourth-order valence-corrected chi connectivity index (χ4v) is 2.94. The van der Waals surface area contributed by atoms with E-state index >= 15 is 0 Å². The van der Waals surface area contributed by atoms with E-state index in [1.165, 1.54) is 5.56 Å². The minimum Gasteiger partial charge on any atom is -0.487 e. The summed E-state index contributed by atoms with van der Waals surface area (Å²) in [6, 6.07) is 8.21. The molecule has 0 saturated heterocycles. The maximum absolute atomic E-state index is 6.01. The second kappa shape index (κ2) is 6.44. The molecule has 0 aliphatic carbocycles. The van der Waals surface area contributed by atoms with Crippen molar-refractivity contribution in [3.05, 3.63) is 45.7 Å². The van der Waals surface area contributed by atoms with E-state index < -0.39 is 0 Å². The van der Waals surface area contributed by atoms with Gasteiger partial charge < -0.3 is 4.74 Å². The third-order valence-electron chi connectivity index (χ3n) is 3.41. The van der Waals surface area contributed by atoms with E-state index in [9.17, 15) is 0 Å². The minimum absolute atomic E-state index is 0.451. The van der Waals surface area contributed by atoms with Crippen LogP contribution in [0.25, 0.3) is 0 Å². The van der Waals surface area contributed by atoms with Crippen LogP contribution in [0.1, 0.15) is 43.6 Å². The lowest BCUT2D eigenvalue weighted by atomic mass is 10.0. The van der Waals surface area contributed by atoms with Gasteiger partial charge in [-0.25, -0.2) is 0 Å². The molecule has 108 valence electrons. The zero-order valence-electron chi connectivity index (χ0n) is 12.5. The number of para-hydroxylation sites is 1. The predicted molar refractivity (Wildman–Crippen MR) is 85.1 cm³/mol. The Kier molecular flexibility index (Phi) is 4.86. The van der Waals surface area contributed by atoms with Gasteiger partial charge in [0.05, 0.1) is 15.9 Å². The highest BCUT2D eigenvalue weighted by Gasteiger charge is 2.14. The zero-order chi connectivity index (χ0) is 14.7. The number of rotatable bonds is 5. The Morgan fingerprint density at radius 3 is 2.60 bits per heavy atom. The van der Waals surface area contributed by atoms with Crippen molar-refractivity contribution in [3.63, 3.8) is 0 Å². The van der Waals surface area contributed by atoms with Crippen LogP contribution in [0.5, 0.6) is 5.75 Å². The Morgan fingerprint density at radius 2 is 2.00 bits per heavy atom. The molecular weight excluding hydrogens is 316 g/mol. The molecule has 0 fully saturated rings. The van der Waals surface area contributed by atoms with E-state index in [0.717, 1.165) is 28.0 Å². The number of hydrogen-bond donors (Lipinski definition) is 0. The van der Waals surface area contributed by atoms with Gasteiger partial charge in [0, 0.05) is 7.05 Å². The maximum atomic E-state index is 6.01. The molecule has 3 nitrogen and oxygen atoms in total. The van der Waals surface area contributed by atoms with Gasteiger partial charge in [-0.15, -0.1) is 0 Å². The first-order valence-corrected chi connectivity index (χ1v) is 7.75. The van der Waals surface area contributed by atoms with E-state index in [2.05, 4.69) is 53.9 Å². The minimum atomic E-state index is 0.451. The molecule has 0 unspecified atom stereocenters. The Balaban J connectivity index is 2.19. The van der Waals surface area contributed by atoms with E-state index in [0.29, 0.717) is 12.5 Å². The van der Waals surface area contributed by atoms with Crippen LogP contribution in [0.15, 0.2) is 28.7 Å². The molecule has 0 N–H and O–H groups in total. The number of nitrogens with zero attached hydrogens (tertiary/aromatic N) is 2. The van der Waals surface area contributed by atoms with Crippen LogP contribution in [0.2, 0.25) is 0 Å². The molecule has 2 rings (SSSR count). The highest BCUT2D eigenvalue weighted by atomic mass is 79.9. The van der Waals surface area contributed by atoms with Gasteiger partial charge in [-0.2, -0.15) is 5.10 Å². The number of aryl methyl sites for hydroxylation is 2. The number of aromatic nitrogens is 2. The second-order valence-corrected chi connectivity index (χ2v) is 5.96. The van der Waals surface area contributed by atoms with Gasteiger partial charge in [-0.3, -0.25) is 4.68 Å². The van der Waals surface area contributed by atoms with Crippen molar-refractivity contribution in [2.45, 2.75) is 39.7 Å². The van der Waals surface area contributed by atoms with E-state index in [-0.39, 0.29) is 0 Å². The summed E-state index contributed by atoms with van der Waals surface area (Å²) in [4.78, 5) is 0. The number of halogens is 1. The fraction of sp³-hybridized carbons (Fsp3) is 0.438. The Morgan fingerprint density at radius 1 is 1.30 bits per heavy atom. The molecule has 1 aromatic carbocycles. The summed E-state index contributed by atoms with van der Waals surface area (Å²) in [6.45, 7) is 6.98. The standard InChI is InChI=1S/C16H21BrN2O/c1-5-13-16(17)14(19(4)18-13)10-20-15-9-7-6-8-12(15)11(2)3/h6-9,11H,5,10H2,1-4H3. The molecule has 1 aromatic heterocycles. The van der Waals surface area contributed by atoms with Gasteiger partial charge in [-0.1, -0.05) is 39.0 Å². The van der Waals surface area contributed by atoms with Crippen LogP contribution < -0.4 is 4.74 Å². The Bertz CT molecular complexity index is 590. The summed E-state index contributed by atoms with van der Waals surface area (Å²) >= 11 is 3.62. The molecule has 0 spiro atoms. The van der Waals surface area contributed by atoms with Crippen LogP contribution in [-0.2, 0) is 20.1 Å². The SMILES string of the molecule is CCc1nn(C)c(COc2ccccc2C(C)C)c1Br. The molecule has 0 radical (unpaired) electrons. The number of hydrogen-bond acceptors (Lipinski definition) is 2. The lowest BCUT2D eigenvalue weighted by Crippen LogP contribution is -2.05. The largest absolute Gasteiger partial charge is 0.487 e. The highest BCUT2D eigenvalue weighted by Crippen LogP contribution is 2.28. The lowest BCUT2D eigenvalue weighted by Gasteiger charge is -2.14. The summed E-state index contributed by atoms with van der Waals surface area (Å²) < 4.78 is 8.96. The van der Waals surface area contributed by atoms with Crippen LogP contribution in [0.4, 0.5) is 0 Å². The summed E-state index contributed by atoms with van der Waals surface area (Å²) in [6.07, 6.45) is 0.914. The average Bonchev–Trinajstić information content (AvgIpc) is 2.71. The molecular formula is C16H21BrN2O. The molecule has 0 aliphatic heterocycles. The van der Waals surface area contributed by atoms with Gasteiger partial charge in [0.2, 0.25) is 0 Å². The van der Waals surface area contributed by atoms with Gasteiger partial charge in [0.25, 0.3) is 0 Å². The average molecular weight is 337 g/mol. The molecule has 0 atom stereocenters. The normalized spacial score (nSPS) is 11.1. The van der Waals surface area contributed by atoms with Crippen LogP contribution in [0.3, 0.4) is 0 Å². The Labute approximate surface area is 129 Å². The number of benzene rings is 1. The zero-order valence-corrected chi connectivity index (χ0v) is 14.1. The van der Waals surface area contributed by atoms with Crippen molar-refractivity contribution in [3.8, 4) is 5.75 Å². The lowest BCUT2D eigenvalue weighted by molar-refractivity contribution is 0.290. The van der Waals surface area contributed by atoms with Crippen molar-refractivity contribution < 1.29 is 4.74 Å². The van der Waals surface area contributed by atoms with E-state index in [1.54, 1.807) is 0 Å². The first-order valence-electron chi connectivity index (χ1n) is 6.96. The molecule has 4 heteroatoms. The van der Waals surface area contributed by atoms with Crippen LogP contribution in [0, 0.1) is 0 Å². The van der Waals surface area contributed by atoms with Crippen molar-refractivity contribution in [2.75, 3.05) is 0 Å². The summed E-state index contributed by atoms with van der Waals surface area (Å²) in [5, 5.41) is 4.49. The molecule has 0 aliphatic rings. The second-order valence-electron chi connectivity index (χ2n) is 5.17. The van der Waals surface area contributed by atoms with Crippen molar-refractivity contribution in [2.24, 2.45) is 7.05 Å². The van der Waals surface area contributed by atoms with Gasteiger partial charge in [-0.05, 0) is 39.9 Å². The van der Waals surface area contributed by atoms with Crippen LogP contribution in [-0.4, -0.2) is 9.78 Å². The van der Waals surface area contributed by atoms with Crippen LogP contribution >= 0.6 is 15.9 Å². The van der Waals surface area contributed by atoms with E-state index in [4.69, 9.17) is 4.74 Å². The molecule has 0 bridgehead atoms. The molecule has 0 amide bonds. The van der Waals surface area contributed by atoms with Gasteiger partial charge in [0.1, 0.15) is 12.4 Å². The predicted octanol–water partition coefficient (Wildman–Crippen LogP) is 4.45. The summed E-state index contributed by atoms with van der Waals surface area (Å²) in [5.41, 5.74) is 3.38. The smallest absolute Gasteiger partial charge is 0.131 e. The number of ether oxygens (including phenoxy) is 1. The van der Waals surface area contributed by atoms with E-state index in [1.807, 2.05) is 23.9 Å². The third-order valence-corrected chi connectivity index (χ3v) is 4.32. The quantitative estimate of drug-likeness (QED) is 0.806. The maximum Gasteiger partial charge on any atom is 0.131 e. The van der Waals surface area contributed by atoms with Crippen molar-refractivity contribution in [1.82, 2.24) is 9.78 Å².